The lowest BCUT2D eigenvalue weighted by Crippen LogP contribution is -2.29. The minimum Gasteiger partial charge on any atom is -0.463 e. The Labute approximate surface area is 169 Å². The van der Waals surface area contributed by atoms with Crippen LogP contribution >= 0.6 is 11.3 Å². The molecular formula is C19H28N2O6S. The van der Waals surface area contributed by atoms with E-state index < -0.39 is 29.4 Å². The van der Waals surface area contributed by atoms with Gasteiger partial charge in [0.15, 0.2) is 0 Å². The third kappa shape index (κ3) is 8.90. The lowest BCUT2D eigenvalue weighted by Gasteiger charge is -2.21. The molecule has 28 heavy (non-hydrogen) atoms. The molecule has 1 aromatic heterocycles. The van der Waals surface area contributed by atoms with Crippen molar-refractivity contribution in [2.75, 3.05) is 17.2 Å². The molecule has 0 unspecified atom stereocenters. The van der Waals surface area contributed by atoms with Crippen molar-refractivity contribution in [3.63, 3.8) is 0 Å². The zero-order valence-electron chi connectivity index (χ0n) is 17.3. The molecule has 0 radical (unpaired) electrons. The van der Waals surface area contributed by atoms with Crippen LogP contribution in [0.4, 0.5) is 21.0 Å². The summed E-state index contributed by atoms with van der Waals surface area (Å²) in [4.78, 5) is 36.4. The lowest BCUT2D eigenvalue weighted by molar-refractivity contribution is -0.137. The molecule has 0 aromatic carbocycles. The van der Waals surface area contributed by atoms with Crippen LogP contribution in [0.15, 0.2) is 11.5 Å². The molecule has 9 heteroatoms. The van der Waals surface area contributed by atoms with Gasteiger partial charge < -0.3 is 14.2 Å². The number of ether oxygens (including phenoxy) is 3. The van der Waals surface area contributed by atoms with E-state index in [1.54, 1.807) is 53.8 Å². The maximum absolute atomic E-state index is 12.2. The highest BCUT2D eigenvalue weighted by Gasteiger charge is 2.22. The van der Waals surface area contributed by atoms with Gasteiger partial charge in [0.25, 0.3) is 0 Å². The molecule has 0 atom stereocenters. The van der Waals surface area contributed by atoms with Crippen LogP contribution in [0.3, 0.4) is 0 Å². The molecule has 0 aliphatic rings. The van der Waals surface area contributed by atoms with Crippen molar-refractivity contribution in [2.45, 2.75) is 59.7 Å². The SMILES string of the molecule is CCOC(=O)/C=C/c1scc(NC(=O)OC(C)(C)C)c1NC(=O)OC(C)(C)C. The Kier molecular flexibility index (Phi) is 8.04. The molecule has 0 aliphatic carbocycles. The third-order valence-corrected chi connectivity index (χ3v) is 3.69. The first-order valence-electron chi connectivity index (χ1n) is 8.77. The summed E-state index contributed by atoms with van der Waals surface area (Å²) in [6, 6.07) is 0. The number of carbonyl (C=O) groups is 3. The maximum atomic E-state index is 12.2. The molecule has 2 N–H and O–H groups in total. The molecule has 156 valence electrons. The first kappa shape index (κ1) is 23.5. The molecule has 0 fully saturated rings. The van der Waals surface area contributed by atoms with Crippen LogP contribution in [0.1, 0.15) is 53.3 Å². The summed E-state index contributed by atoms with van der Waals surface area (Å²) in [6.45, 7) is 12.4. The fraction of sp³-hybridized carbons (Fsp3) is 0.526. The van der Waals surface area contributed by atoms with Gasteiger partial charge in [-0.2, -0.15) is 0 Å². The largest absolute Gasteiger partial charge is 0.463 e. The summed E-state index contributed by atoms with van der Waals surface area (Å²) in [6.07, 6.45) is 1.38. The second-order valence-electron chi connectivity index (χ2n) is 7.73. The first-order valence-corrected chi connectivity index (χ1v) is 9.65. The highest BCUT2D eigenvalue weighted by molar-refractivity contribution is 7.12. The number of anilines is 2. The molecule has 0 saturated heterocycles. The third-order valence-electron chi connectivity index (χ3n) is 2.74. The topological polar surface area (TPSA) is 103 Å². The van der Waals surface area contributed by atoms with Gasteiger partial charge in [-0.05, 0) is 54.5 Å². The number of hydrogen-bond donors (Lipinski definition) is 2. The van der Waals surface area contributed by atoms with Crippen molar-refractivity contribution in [2.24, 2.45) is 0 Å². The standard InChI is InChI=1S/C19H28N2O6S/c1-8-25-14(22)10-9-13-15(21-17(24)27-19(5,6)7)12(11-28-13)20-16(23)26-18(2,3)4/h9-11H,8H2,1-7H3,(H,20,23)(H,21,24)/b10-9+. The number of rotatable bonds is 5. The summed E-state index contributed by atoms with van der Waals surface area (Å²) in [5.41, 5.74) is -0.745. The van der Waals surface area contributed by atoms with Crippen molar-refractivity contribution in [3.05, 3.63) is 16.3 Å². The van der Waals surface area contributed by atoms with Gasteiger partial charge >= 0.3 is 18.2 Å². The molecule has 1 heterocycles. The molecule has 1 aromatic rings. The highest BCUT2D eigenvalue weighted by atomic mass is 32.1. The number of amides is 2. The lowest BCUT2D eigenvalue weighted by atomic mass is 10.2. The van der Waals surface area contributed by atoms with E-state index in [9.17, 15) is 14.4 Å². The fourth-order valence-electron chi connectivity index (χ4n) is 1.87. The summed E-state index contributed by atoms with van der Waals surface area (Å²) < 4.78 is 15.4. The quantitative estimate of drug-likeness (QED) is 0.400. The smallest absolute Gasteiger partial charge is 0.412 e. The van der Waals surface area contributed by atoms with Gasteiger partial charge in [-0.15, -0.1) is 11.3 Å². The van der Waals surface area contributed by atoms with Gasteiger partial charge in [-0.1, -0.05) is 0 Å². The van der Waals surface area contributed by atoms with Crippen LogP contribution in [0.2, 0.25) is 0 Å². The molecule has 2 amide bonds. The average molecular weight is 413 g/mol. The van der Waals surface area contributed by atoms with Crippen LogP contribution in [-0.4, -0.2) is 36.0 Å². The van der Waals surface area contributed by atoms with E-state index in [1.807, 2.05) is 0 Å². The molecule has 0 aliphatic heterocycles. The zero-order chi connectivity index (χ0) is 21.5. The van der Waals surface area contributed by atoms with Gasteiger partial charge in [-0.25, -0.2) is 14.4 Å². The summed E-state index contributed by atoms with van der Waals surface area (Å²) in [5.74, 6) is -0.513. The van der Waals surface area contributed by atoms with Crippen LogP contribution in [0.25, 0.3) is 6.08 Å². The molecule has 8 nitrogen and oxygen atoms in total. The van der Waals surface area contributed by atoms with Crippen LogP contribution in [-0.2, 0) is 19.0 Å². The van der Waals surface area contributed by atoms with E-state index in [0.717, 1.165) is 0 Å². The Morgan fingerprint density at radius 2 is 1.54 bits per heavy atom. The molecule has 0 bridgehead atoms. The van der Waals surface area contributed by atoms with Gasteiger partial charge in [0.2, 0.25) is 0 Å². The Morgan fingerprint density at radius 3 is 2.04 bits per heavy atom. The Hall–Kier alpha value is -2.55. The van der Waals surface area contributed by atoms with Crippen LogP contribution in [0, 0.1) is 0 Å². The van der Waals surface area contributed by atoms with Crippen LogP contribution < -0.4 is 10.6 Å². The van der Waals surface area contributed by atoms with Crippen molar-refractivity contribution in [1.29, 1.82) is 0 Å². The Morgan fingerprint density at radius 1 is 1.00 bits per heavy atom. The van der Waals surface area contributed by atoms with E-state index in [2.05, 4.69) is 10.6 Å². The van der Waals surface area contributed by atoms with Crippen molar-refractivity contribution in [3.8, 4) is 0 Å². The highest BCUT2D eigenvalue weighted by Crippen LogP contribution is 2.35. The monoisotopic (exact) mass is 412 g/mol. The minimum atomic E-state index is -0.695. The fourth-order valence-corrected chi connectivity index (χ4v) is 2.72. The molecular weight excluding hydrogens is 384 g/mol. The predicted molar refractivity (Wildman–Crippen MR) is 110 cm³/mol. The molecule has 0 saturated carbocycles. The summed E-state index contributed by atoms with van der Waals surface area (Å²) in [7, 11) is 0. The Balaban J connectivity index is 3.09. The van der Waals surface area contributed by atoms with E-state index in [1.165, 1.54) is 23.5 Å². The van der Waals surface area contributed by atoms with Gasteiger partial charge in [0.1, 0.15) is 11.2 Å². The van der Waals surface area contributed by atoms with Crippen molar-refractivity contribution >= 4 is 46.9 Å². The van der Waals surface area contributed by atoms with Crippen molar-refractivity contribution in [1.82, 2.24) is 0 Å². The number of thiophene rings is 1. The van der Waals surface area contributed by atoms with Crippen molar-refractivity contribution < 1.29 is 28.6 Å². The van der Waals surface area contributed by atoms with Gasteiger partial charge in [0.05, 0.1) is 22.9 Å². The molecule has 1 rings (SSSR count). The van der Waals surface area contributed by atoms with Gasteiger partial charge in [0, 0.05) is 11.5 Å². The zero-order valence-corrected chi connectivity index (χ0v) is 18.1. The minimum absolute atomic E-state index is 0.252. The van der Waals surface area contributed by atoms with E-state index >= 15 is 0 Å². The van der Waals surface area contributed by atoms with Gasteiger partial charge in [-0.3, -0.25) is 10.6 Å². The number of hydrogen-bond acceptors (Lipinski definition) is 7. The average Bonchev–Trinajstić information content (AvgIpc) is 2.83. The number of carbonyl (C=O) groups excluding carboxylic acids is 3. The van der Waals surface area contributed by atoms with Crippen LogP contribution in [0.5, 0.6) is 0 Å². The second-order valence-corrected chi connectivity index (χ2v) is 8.64. The van der Waals surface area contributed by atoms with E-state index in [4.69, 9.17) is 14.2 Å². The summed E-state index contributed by atoms with van der Waals surface area (Å²) >= 11 is 1.22. The second kappa shape index (κ2) is 9.59. The maximum Gasteiger partial charge on any atom is 0.412 e. The summed E-state index contributed by atoms with van der Waals surface area (Å²) in [5, 5.41) is 6.84. The molecule has 0 spiro atoms. The number of esters is 1. The van der Waals surface area contributed by atoms with E-state index in [0.29, 0.717) is 16.3 Å². The predicted octanol–water partition coefficient (Wildman–Crippen LogP) is 5.02. The van der Waals surface area contributed by atoms with E-state index in [-0.39, 0.29) is 6.61 Å². The first-order chi connectivity index (χ1) is 12.8. The normalized spacial score (nSPS) is 11.8. The Bertz CT molecular complexity index is 741. The number of nitrogens with one attached hydrogen (secondary N) is 2.